The van der Waals surface area contributed by atoms with Crippen molar-refractivity contribution in [3.8, 4) is 22.6 Å². The molecule has 2 N–H and O–H groups in total. The Hall–Kier alpha value is -1.69. The summed E-state index contributed by atoms with van der Waals surface area (Å²) in [6.45, 7) is 1.13. The van der Waals surface area contributed by atoms with E-state index in [1.54, 1.807) is 10.9 Å². The zero-order valence-corrected chi connectivity index (χ0v) is 11.4. The van der Waals surface area contributed by atoms with E-state index in [0.717, 1.165) is 27.1 Å². The highest BCUT2D eigenvalue weighted by molar-refractivity contribution is 9.10. The van der Waals surface area contributed by atoms with Crippen molar-refractivity contribution >= 4 is 21.7 Å². The van der Waals surface area contributed by atoms with Crippen LogP contribution < -0.4 is 15.2 Å². The van der Waals surface area contributed by atoms with Crippen molar-refractivity contribution in [3.05, 3.63) is 22.8 Å². The Kier molecular flexibility index (Phi) is 2.66. The summed E-state index contributed by atoms with van der Waals surface area (Å²) >= 11 is 3.55. The van der Waals surface area contributed by atoms with Gasteiger partial charge < -0.3 is 15.2 Å². The summed E-state index contributed by atoms with van der Waals surface area (Å²) in [6.07, 6.45) is 1.74. The first kappa shape index (κ1) is 11.4. The molecule has 2 heterocycles. The van der Waals surface area contributed by atoms with Crippen LogP contribution in [0.15, 0.2) is 22.8 Å². The van der Waals surface area contributed by atoms with Crippen LogP contribution in [-0.2, 0) is 7.05 Å². The Morgan fingerprint density at radius 1 is 1.28 bits per heavy atom. The summed E-state index contributed by atoms with van der Waals surface area (Å²) in [4.78, 5) is 0. The van der Waals surface area contributed by atoms with Crippen molar-refractivity contribution in [2.75, 3.05) is 18.9 Å². The molecule has 1 aromatic carbocycles. The molecule has 1 aromatic heterocycles. The number of nitrogens with zero attached hydrogens (tertiary/aromatic N) is 2. The highest BCUT2D eigenvalue weighted by Gasteiger charge is 2.20. The molecule has 18 heavy (non-hydrogen) atoms. The van der Waals surface area contributed by atoms with Crippen LogP contribution in [0.3, 0.4) is 0 Å². The average Bonchev–Trinajstić information content (AvgIpc) is 2.71. The van der Waals surface area contributed by atoms with Crippen LogP contribution in [0.2, 0.25) is 0 Å². The van der Waals surface area contributed by atoms with Gasteiger partial charge in [0.2, 0.25) is 0 Å². The van der Waals surface area contributed by atoms with Gasteiger partial charge in [0, 0.05) is 18.2 Å². The molecule has 0 bridgehead atoms. The van der Waals surface area contributed by atoms with E-state index in [2.05, 4.69) is 21.0 Å². The summed E-state index contributed by atoms with van der Waals surface area (Å²) in [5.41, 5.74) is 7.81. The molecule has 0 aliphatic carbocycles. The zero-order valence-electron chi connectivity index (χ0n) is 9.81. The van der Waals surface area contributed by atoms with Crippen molar-refractivity contribution in [2.45, 2.75) is 0 Å². The van der Waals surface area contributed by atoms with E-state index in [4.69, 9.17) is 15.2 Å². The molecule has 1 aliphatic rings. The van der Waals surface area contributed by atoms with Gasteiger partial charge in [0.1, 0.15) is 19.0 Å². The van der Waals surface area contributed by atoms with E-state index in [9.17, 15) is 0 Å². The molecule has 1 aliphatic heterocycles. The number of benzene rings is 1. The third-order valence-electron chi connectivity index (χ3n) is 2.92. The maximum Gasteiger partial charge on any atom is 0.176 e. The Bertz CT molecular complexity index is 610. The minimum absolute atomic E-state index is 0.553. The number of rotatable bonds is 1. The summed E-state index contributed by atoms with van der Waals surface area (Å²) in [6, 6.07) is 3.84. The smallest absolute Gasteiger partial charge is 0.176 e. The van der Waals surface area contributed by atoms with Crippen LogP contribution in [0.4, 0.5) is 5.82 Å². The minimum Gasteiger partial charge on any atom is -0.486 e. The number of nitrogen functional groups attached to an aromatic ring is 1. The number of halogens is 1. The van der Waals surface area contributed by atoms with Gasteiger partial charge in [0.25, 0.3) is 0 Å². The van der Waals surface area contributed by atoms with E-state index in [1.807, 2.05) is 19.2 Å². The predicted octanol–water partition coefficient (Wildman–Crippen LogP) is 2.20. The largest absolute Gasteiger partial charge is 0.486 e. The fourth-order valence-corrected chi connectivity index (χ4v) is 2.60. The van der Waals surface area contributed by atoms with Crippen LogP contribution in [0.1, 0.15) is 0 Å². The zero-order chi connectivity index (χ0) is 12.7. The van der Waals surface area contributed by atoms with Crippen LogP contribution in [-0.4, -0.2) is 23.0 Å². The van der Waals surface area contributed by atoms with E-state index >= 15 is 0 Å². The second kappa shape index (κ2) is 4.20. The molecular weight excluding hydrogens is 298 g/mol. The van der Waals surface area contributed by atoms with E-state index in [1.165, 1.54) is 0 Å². The monoisotopic (exact) mass is 309 g/mol. The maximum absolute atomic E-state index is 5.99. The topological polar surface area (TPSA) is 62.3 Å². The lowest BCUT2D eigenvalue weighted by atomic mass is 10.1. The van der Waals surface area contributed by atoms with Gasteiger partial charge in [-0.15, -0.1) is 0 Å². The van der Waals surface area contributed by atoms with Gasteiger partial charge in [-0.2, -0.15) is 5.10 Å². The number of nitrogens with two attached hydrogens (primary N) is 1. The first-order valence-corrected chi connectivity index (χ1v) is 6.33. The van der Waals surface area contributed by atoms with E-state index in [0.29, 0.717) is 19.0 Å². The van der Waals surface area contributed by atoms with Gasteiger partial charge in [-0.25, -0.2) is 0 Å². The SMILES string of the molecule is Cn1ncc(-c2ccc3c(c2Br)OCCO3)c1N. The van der Waals surface area contributed by atoms with Gasteiger partial charge in [-0.3, -0.25) is 4.68 Å². The Morgan fingerprint density at radius 3 is 2.78 bits per heavy atom. The number of hydrogen-bond donors (Lipinski definition) is 1. The Morgan fingerprint density at radius 2 is 2.06 bits per heavy atom. The standard InChI is InChI=1S/C12H12BrN3O2/c1-16-12(14)8(6-15-16)7-2-3-9-11(10(7)13)18-5-4-17-9/h2-3,6H,4-5,14H2,1H3. The van der Waals surface area contributed by atoms with Gasteiger partial charge in [0.05, 0.1) is 10.7 Å². The summed E-state index contributed by atoms with van der Waals surface area (Å²) in [7, 11) is 1.81. The predicted molar refractivity (Wildman–Crippen MR) is 71.7 cm³/mol. The Labute approximate surface area is 113 Å². The molecule has 2 aromatic rings. The average molecular weight is 310 g/mol. The highest BCUT2D eigenvalue weighted by Crippen LogP contribution is 2.44. The van der Waals surface area contributed by atoms with Crippen molar-refractivity contribution in [1.29, 1.82) is 0 Å². The number of ether oxygens (including phenoxy) is 2. The molecule has 0 fully saturated rings. The lowest BCUT2D eigenvalue weighted by Crippen LogP contribution is -2.15. The van der Waals surface area contributed by atoms with Crippen molar-refractivity contribution < 1.29 is 9.47 Å². The molecule has 0 unspecified atom stereocenters. The number of anilines is 1. The summed E-state index contributed by atoms with van der Waals surface area (Å²) in [5.74, 6) is 2.09. The van der Waals surface area contributed by atoms with Gasteiger partial charge in [0.15, 0.2) is 11.5 Å². The molecule has 0 spiro atoms. The molecule has 0 atom stereocenters. The maximum atomic E-state index is 5.99. The van der Waals surface area contributed by atoms with Crippen molar-refractivity contribution in [1.82, 2.24) is 9.78 Å². The first-order valence-electron chi connectivity index (χ1n) is 5.54. The fourth-order valence-electron chi connectivity index (χ4n) is 1.94. The Balaban J connectivity index is 2.16. The molecular formula is C12H12BrN3O2. The number of fused-ring (bicyclic) bond motifs is 1. The molecule has 0 radical (unpaired) electrons. The lowest BCUT2D eigenvalue weighted by Gasteiger charge is -2.20. The number of hydrogen-bond acceptors (Lipinski definition) is 4. The normalized spacial score (nSPS) is 13.7. The first-order chi connectivity index (χ1) is 8.68. The van der Waals surface area contributed by atoms with E-state index < -0.39 is 0 Å². The molecule has 0 saturated carbocycles. The number of aromatic nitrogens is 2. The van der Waals surface area contributed by atoms with Crippen LogP contribution in [0.25, 0.3) is 11.1 Å². The quantitative estimate of drug-likeness (QED) is 0.877. The van der Waals surface area contributed by atoms with Gasteiger partial charge in [-0.05, 0) is 28.1 Å². The van der Waals surface area contributed by atoms with Crippen LogP contribution in [0, 0.1) is 0 Å². The molecule has 6 heteroatoms. The number of aryl methyl sites for hydroxylation is 1. The van der Waals surface area contributed by atoms with Crippen LogP contribution in [0.5, 0.6) is 11.5 Å². The second-order valence-electron chi connectivity index (χ2n) is 4.02. The van der Waals surface area contributed by atoms with Crippen molar-refractivity contribution in [3.63, 3.8) is 0 Å². The highest BCUT2D eigenvalue weighted by atomic mass is 79.9. The van der Waals surface area contributed by atoms with Gasteiger partial charge in [-0.1, -0.05) is 0 Å². The fraction of sp³-hybridized carbons (Fsp3) is 0.250. The molecule has 94 valence electrons. The van der Waals surface area contributed by atoms with E-state index in [-0.39, 0.29) is 0 Å². The summed E-state index contributed by atoms with van der Waals surface area (Å²) in [5, 5.41) is 4.14. The van der Waals surface area contributed by atoms with Crippen molar-refractivity contribution in [2.24, 2.45) is 7.05 Å². The minimum atomic E-state index is 0.553. The second-order valence-corrected chi connectivity index (χ2v) is 4.81. The van der Waals surface area contributed by atoms with Crippen LogP contribution >= 0.6 is 15.9 Å². The third-order valence-corrected chi connectivity index (χ3v) is 3.71. The van der Waals surface area contributed by atoms with Gasteiger partial charge >= 0.3 is 0 Å². The lowest BCUT2D eigenvalue weighted by molar-refractivity contribution is 0.170. The molecule has 5 nitrogen and oxygen atoms in total. The third kappa shape index (κ3) is 1.64. The molecule has 3 rings (SSSR count). The summed E-state index contributed by atoms with van der Waals surface area (Å²) < 4.78 is 13.6. The molecule has 0 saturated heterocycles. The molecule has 0 amide bonds.